The summed E-state index contributed by atoms with van der Waals surface area (Å²) >= 11 is 0. The predicted molar refractivity (Wildman–Crippen MR) is 50.9 cm³/mol. The van der Waals surface area contributed by atoms with E-state index >= 15 is 0 Å². The number of piperidine rings is 1. The monoisotopic (exact) mass is 168 g/mol. The van der Waals surface area contributed by atoms with Crippen molar-refractivity contribution >= 4 is 0 Å². The molecule has 0 bridgehead atoms. The Balaban J connectivity index is 1.80. The summed E-state index contributed by atoms with van der Waals surface area (Å²) in [6.07, 6.45) is 1.50. The van der Waals surface area contributed by atoms with E-state index in [1.165, 1.54) is 26.1 Å². The van der Waals surface area contributed by atoms with Crippen molar-refractivity contribution in [1.82, 2.24) is 4.90 Å². The lowest BCUT2D eigenvalue weighted by atomic mass is 9.93. The normalized spacial score (nSPS) is 35.2. The van der Waals surface area contributed by atoms with E-state index in [0.29, 0.717) is 5.41 Å². The maximum Gasteiger partial charge on any atom is 0.00450 e. The van der Waals surface area contributed by atoms with E-state index in [-0.39, 0.29) is 0 Å². The standard InChI is InChI=1S/C10H20N2/c1-10(2,6-11)7-12-4-8-3-9(8)5-12/h8-9H,3-7,11H2,1-2H3. The Morgan fingerprint density at radius 3 is 2.42 bits per heavy atom. The maximum atomic E-state index is 5.70. The van der Waals surface area contributed by atoms with Crippen LogP contribution in [-0.4, -0.2) is 31.1 Å². The zero-order chi connectivity index (χ0) is 8.77. The Hall–Kier alpha value is -0.0800. The molecule has 2 N–H and O–H groups in total. The molecule has 2 fully saturated rings. The minimum atomic E-state index is 0.316. The first-order valence-corrected chi connectivity index (χ1v) is 5.03. The van der Waals surface area contributed by atoms with Gasteiger partial charge in [0.25, 0.3) is 0 Å². The van der Waals surface area contributed by atoms with Crippen molar-refractivity contribution in [2.24, 2.45) is 23.0 Å². The van der Waals surface area contributed by atoms with Gasteiger partial charge >= 0.3 is 0 Å². The molecule has 0 amide bonds. The summed E-state index contributed by atoms with van der Waals surface area (Å²) in [4.78, 5) is 2.59. The third kappa shape index (κ3) is 1.64. The molecule has 1 saturated carbocycles. The van der Waals surface area contributed by atoms with Gasteiger partial charge < -0.3 is 10.6 Å². The molecule has 0 aromatic heterocycles. The molecule has 12 heavy (non-hydrogen) atoms. The highest BCUT2D eigenvalue weighted by Gasteiger charge is 2.45. The van der Waals surface area contributed by atoms with Crippen LogP contribution in [0.5, 0.6) is 0 Å². The SMILES string of the molecule is CC(C)(CN)CN1CC2CC2C1. The molecule has 1 aliphatic carbocycles. The highest BCUT2D eigenvalue weighted by molar-refractivity contribution is 4.97. The zero-order valence-corrected chi connectivity index (χ0v) is 8.21. The molecular formula is C10H20N2. The average molecular weight is 168 g/mol. The molecule has 1 aliphatic heterocycles. The Morgan fingerprint density at radius 2 is 1.92 bits per heavy atom. The molecule has 2 aliphatic rings. The second-order valence-electron chi connectivity index (χ2n) is 5.32. The molecule has 0 aromatic rings. The minimum absolute atomic E-state index is 0.316. The van der Waals surface area contributed by atoms with Gasteiger partial charge in [0.15, 0.2) is 0 Å². The van der Waals surface area contributed by atoms with Crippen LogP contribution in [0.3, 0.4) is 0 Å². The molecule has 0 aromatic carbocycles. The number of hydrogen-bond donors (Lipinski definition) is 1. The lowest BCUT2D eigenvalue weighted by Gasteiger charge is -2.29. The number of nitrogens with two attached hydrogens (primary N) is 1. The quantitative estimate of drug-likeness (QED) is 0.679. The van der Waals surface area contributed by atoms with E-state index in [2.05, 4.69) is 18.7 Å². The van der Waals surface area contributed by atoms with Crippen molar-refractivity contribution in [1.29, 1.82) is 0 Å². The van der Waals surface area contributed by atoms with Crippen molar-refractivity contribution in [3.05, 3.63) is 0 Å². The number of nitrogens with zero attached hydrogens (tertiary/aromatic N) is 1. The van der Waals surface area contributed by atoms with E-state index in [0.717, 1.165) is 18.4 Å². The number of fused-ring (bicyclic) bond motifs is 1. The van der Waals surface area contributed by atoms with Crippen molar-refractivity contribution in [2.75, 3.05) is 26.2 Å². The molecule has 2 heteroatoms. The molecular weight excluding hydrogens is 148 g/mol. The van der Waals surface area contributed by atoms with Gasteiger partial charge in [0.1, 0.15) is 0 Å². The van der Waals surface area contributed by atoms with Gasteiger partial charge in [-0.15, -0.1) is 0 Å². The zero-order valence-electron chi connectivity index (χ0n) is 8.21. The number of likely N-dealkylation sites (tertiary alicyclic amines) is 1. The molecule has 2 nitrogen and oxygen atoms in total. The molecule has 0 spiro atoms. The van der Waals surface area contributed by atoms with Crippen molar-refractivity contribution in [3.63, 3.8) is 0 Å². The molecule has 1 saturated heterocycles. The summed E-state index contributed by atoms with van der Waals surface area (Å²) in [7, 11) is 0. The Labute approximate surface area is 75.1 Å². The van der Waals surface area contributed by atoms with Crippen molar-refractivity contribution in [2.45, 2.75) is 20.3 Å². The van der Waals surface area contributed by atoms with Crippen LogP contribution in [0.2, 0.25) is 0 Å². The fourth-order valence-corrected chi connectivity index (χ4v) is 2.29. The van der Waals surface area contributed by atoms with E-state index < -0.39 is 0 Å². The third-order valence-corrected chi connectivity index (χ3v) is 3.26. The van der Waals surface area contributed by atoms with Gasteiger partial charge in [-0.2, -0.15) is 0 Å². The van der Waals surface area contributed by atoms with Crippen LogP contribution in [0.4, 0.5) is 0 Å². The molecule has 2 atom stereocenters. The smallest absolute Gasteiger partial charge is 0.00450 e. The summed E-state index contributed by atoms with van der Waals surface area (Å²) in [5, 5.41) is 0. The lowest BCUT2D eigenvalue weighted by Crippen LogP contribution is -2.38. The Morgan fingerprint density at radius 1 is 1.33 bits per heavy atom. The maximum absolute atomic E-state index is 5.70. The van der Waals surface area contributed by atoms with Gasteiger partial charge in [-0.1, -0.05) is 13.8 Å². The van der Waals surface area contributed by atoms with Gasteiger partial charge in [0.2, 0.25) is 0 Å². The fourth-order valence-electron chi connectivity index (χ4n) is 2.29. The first-order valence-electron chi connectivity index (χ1n) is 5.03. The highest BCUT2D eigenvalue weighted by Crippen LogP contribution is 2.45. The Bertz CT molecular complexity index is 167. The van der Waals surface area contributed by atoms with E-state index in [1.54, 1.807) is 0 Å². The van der Waals surface area contributed by atoms with Crippen LogP contribution >= 0.6 is 0 Å². The summed E-state index contributed by atoms with van der Waals surface area (Å²) < 4.78 is 0. The second-order valence-corrected chi connectivity index (χ2v) is 5.32. The first kappa shape index (κ1) is 8.52. The van der Waals surface area contributed by atoms with Crippen LogP contribution in [0, 0.1) is 17.3 Å². The van der Waals surface area contributed by atoms with Crippen LogP contribution in [0.1, 0.15) is 20.3 Å². The molecule has 0 radical (unpaired) electrons. The lowest BCUT2D eigenvalue weighted by molar-refractivity contribution is 0.200. The van der Waals surface area contributed by atoms with E-state index in [1.807, 2.05) is 0 Å². The molecule has 2 rings (SSSR count). The van der Waals surface area contributed by atoms with Crippen LogP contribution in [0.25, 0.3) is 0 Å². The number of rotatable bonds is 3. The van der Waals surface area contributed by atoms with E-state index in [4.69, 9.17) is 5.73 Å². The van der Waals surface area contributed by atoms with Gasteiger partial charge in [0.05, 0.1) is 0 Å². The van der Waals surface area contributed by atoms with Gasteiger partial charge in [-0.25, -0.2) is 0 Å². The Kier molecular flexibility index (Phi) is 1.92. The molecule has 1 heterocycles. The van der Waals surface area contributed by atoms with Gasteiger partial charge in [-0.3, -0.25) is 0 Å². The second kappa shape index (κ2) is 2.71. The van der Waals surface area contributed by atoms with Gasteiger partial charge in [-0.05, 0) is 30.2 Å². The third-order valence-electron chi connectivity index (χ3n) is 3.26. The fraction of sp³-hybridized carbons (Fsp3) is 1.00. The summed E-state index contributed by atoms with van der Waals surface area (Å²) in [5.41, 5.74) is 6.02. The summed E-state index contributed by atoms with van der Waals surface area (Å²) in [6, 6.07) is 0. The largest absolute Gasteiger partial charge is 0.330 e. The molecule has 70 valence electrons. The van der Waals surface area contributed by atoms with Crippen LogP contribution in [0.15, 0.2) is 0 Å². The van der Waals surface area contributed by atoms with Crippen LogP contribution in [-0.2, 0) is 0 Å². The first-order chi connectivity index (χ1) is 5.61. The summed E-state index contributed by atoms with van der Waals surface area (Å²) in [5.74, 6) is 2.11. The minimum Gasteiger partial charge on any atom is -0.330 e. The topological polar surface area (TPSA) is 29.3 Å². The van der Waals surface area contributed by atoms with Crippen molar-refractivity contribution in [3.8, 4) is 0 Å². The van der Waals surface area contributed by atoms with Crippen molar-refractivity contribution < 1.29 is 0 Å². The highest BCUT2D eigenvalue weighted by atomic mass is 15.2. The van der Waals surface area contributed by atoms with Crippen LogP contribution < -0.4 is 5.73 Å². The van der Waals surface area contributed by atoms with E-state index in [9.17, 15) is 0 Å². The predicted octanol–water partition coefficient (Wildman–Crippen LogP) is 0.923. The average Bonchev–Trinajstić information content (AvgIpc) is 2.59. The molecule has 2 unspecified atom stereocenters. The summed E-state index contributed by atoms with van der Waals surface area (Å²) in [6.45, 7) is 9.20. The van der Waals surface area contributed by atoms with Gasteiger partial charge in [0, 0.05) is 19.6 Å². The number of hydrogen-bond acceptors (Lipinski definition) is 2.